The molecule has 1 fully saturated rings. The number of hydrogen-bond acceptors (Lipinski definition) is 3. The van der Waals surface area contributed by atoms with Crippen LogP contribution in [0.2, 0.25) is 0 Å². The number of nitrogens with zero attached hydrogens (tertiary/aromatic N) is 3. The molecule has 0 spiro atoms. The molecule has 1 aromatic heterocycles. The van der Waals surface area contributed by atoms with Gasteiger partial charge in [-0.1, -0.05) is 6.92 Å². The van der Waals surface area contributed by atoms with Crippen LogP contribution in [-0.2, 0) is 6.54 Å². The minimum atomic E-state index is 0.538. The lowest BCUT2D eigenvalue weighted by molar-refractivity contribution is 0.515. The van der Waals surface area contributed by atoms with Crippen molar-refractivity contribution in [3.05, 3.63) is 11.6 Å². The lowest BCUT2D eigenvalue weighted by Gasteiger charge is -2.14. The first-order valence-electron chi connectivity index (χ1n) is 5.34. The number of hydrogen-bond donors (Lipinski definition) is 1. The van der Waals surface area contributed by atoms with Gasteiger partial charge in [-0.05, 0) is 26.3 Å². The van der Waals surface area contributed by atoms with Crippen molar-refractivity contribution in [1.82, 2.24) is 20.1 Å². The summed E-state index contributed by atoms with van der Waals surface area (Å²) in [6, 6.07) is 0. The Morgan fingerprint density at radius 1 is 1.43 bits per heavy atom. The molecule has 14 heavy (non-hydrogen) atoms. The Bertz CT molecular complexity index is 318. The van der Waals surface area contributed by atoms with E-state index in [-0.39, 0.29) is 0 Å². The van der Waals surface area contributed by atoms with Crippen molar-refractivity contribution >= 4 is 0 Å². The van der Waals surface area contributed by atoms with E-state index >= 15 is 0 Å². The van der Waals surface area contributed by atoms with Crippen molar-refractivity contribution in [2.45, 2.75) is 33.2 Å². The van der Waals surface area contributed by atoms with Gasteiger partial charge in [0.25, 0.3) is 0 Å². The second kappa shape index (κ2) is 3.69. The molecule has 2 heterocycles. The fourth-order valence-electron chi connectivity index (χ4n) is 2.22. The molecule has 1 aliphatic heterocycles. The van der Waals surface area contributed by atoms with Crippen LogP contribution in [0.5, 0.6) is 0 Å². The predicted molar refractivity (Wildman–Crippen MR) is 55.2 cm³/mol. The summed E-state index contributed by atoms with van der Waals surface area (Å²) < 4.78 is 2.22. The van der Waals surface area contributed by atoms with E-state index in [0.717, 1.165) is 31.3 Å². The van der Waals surface area contributed by atoms with Crippen LogP contribution in [0, 0.1) is 12.8 Å². The molecular weight excluding hydrogens is 176 g/mol. The van der Waals surface area contributed by atoms with E-state index in [4.69, 9.17) is 0 Å². The Labute approximate surface area is 84.7 Å². The summed E-state index contributed by atoms with van der Waals surface area (Å²) in [4.78, 5) is 0. The van der Waals surface area contributed by atoms with Crippen LogP contribution >= 0.6 is 0 Å². The average molecular weight is 194 g/mol. The molecule has 4 heteroatoms. The fourth-order valence-corrected chi connectivity index (χ4v) is 2.22. The second-order valence-electron chi connectivity index (χ2n) is 4.09. The van der Waals surface area contributed by atoms with Gasteiger partial charge in [-0.15, -0.1) is 10.2 Å². The summed E-state index contributed by atoms with van der Waals surface area (Å²) in [7, 11) is 0. The Hall–Kier alpha value is -0.900. The molecule has 1 aliphatic rings. The highest BCUT2D eigenvalue weighted by atomic mass is 15.3. The molecule has 0 aliphatic carbocycles. The van der Waals surface area contributed by atoms with Gasteiger partial charge in [0.15, 0.2) is 0 Å². The Balaban J connectivity index is 2.30. The first kappa shape index (κ1) is 9.65. The minimum Gasteiger partial charge on any atom is -0.316 e. The fraction of sp³-hybridized carbons (Fsp3) is 0.800. The summed E-state index contributed by atoms with van der Waals surface area (Å²) >= 11 is 0. The van der Waals surface area contributed by atoms with Crippen molar-refractivity contribution in [3.8, 4) is 0 Å². The number of nitrogens with one attached hydrogen (secondary N) is 1. The first-order valence-corrected chi connectivity index (χ1v) is 5.34. The molecule has 1 saturated heterocycles. The van der Waals surface area contributed by atoms with E-state index in [9.17, 15) is 0 Å². The van der Waals surface area contributed by atoms with E-state index in [2.05, 4.69) is 33.9 Å². The summed E-state index contributed by atoms with van der Waals surface area (Å²) in [5.41, 5.74) is 0. The van der Waals surface area contributed by atoms with Crippen molar-refractivity contribution in [2.24, 2.45) is 5.92 Å². The largest absolute Gasteiger partial charge is 0.316 e. The van der Waals surface area contributed by atoms with Crippen LogP contribution < -0.4 is 5.32 Å². The van der Waals surface area contributed by atoms with Gasteiger partial charge in [0, 0.05) is 19.0 Å². The normalized spacial score (nSPS) is 27.1. The zero-order valence-electron chi connectivity index (χ0n) is 9.12. The summed E-state index contributed by atoms with van der Waals surface area (Å²) in [6.45, 7) is 9.55. The molecule has 0 amide bonds. The summed E-state index contributed by atoms with van der Waals surface area (Å²) in [6.07, 6.45) is 0. The van der Waals surface area contributed by atoms with Crippen LogP contribution in [0.25, 0.3) is 0 Å². The van der Waals surface area contributed by atoms with Gasteiger partial charge in [0.2, 0.25) is 0 Å². The lowest BCUT2D eigenvalue weighted by Crippen LogP contribution is -2.15. The third-order valence-electron chi connectivity index (χ3n) is 3.13. The predicted octanol–water partition coefficient (Wildman–Crippen LogP) is 0.929. The van der Waals surface area contributed by atoms with Gasteiger partial charge in [-0.3, -0.25) is 0 Å². The van der Waals surface area contributed by atoms with Crippen molar-refractivity contribution < 1.29 is 0 Å². The maximum atomic E-state index is 4.29. The van der Waals surface area contributed by atoms with Gasteiger partial charge >= 0.3 is 0 Å². The topological polar surface area (TPSA) is 42.7 Å². The Morgan fingerprint density at radius 2 is 2.21 bits per heavy atom. The van der Waals surface area contributed by atoms with Gasteiger partial charge in [0.05, 0.1) is 0 Å². The van der Waals surface area contributed by atoms with E-state index in [0.29, 0.717) is 11.8 Å². The monoisotopic (exact) mass is 194 g/mol. The SMILES string of the molecule is CCn1c(C)nnc1[C@@H]1CNC[C@H]1C. The molecule has 78 valence electrons. The maximum Gasteiger partial charge on any atom is 0.137 e. The Morgan fingerprint density at radius 3 is 2.79 bits per heavy atom. The van der Waals surface area contributed by atoms with Crippen LogP contribution in [0.3, 0.4) is 0 Å². The highest BCUT2D eigenvalue weighted by Crippen LogP contribution is 2.26. The van der Waals surface area contributed by atoms with E-state index in [1.165, 1.54) is 0 Å². The van der Waals surface area contributed by atoms with Crippen molar-refractivity contribution in [2.75, 3.05) is 13.1 Å². The van der Waals surface area contributed by atoms with E-state index in [1.54, 1.807) is 0 Å². The third kappa shape index (κ3) is 1.43. The highest BCUT2D eigenvalue weighted by molar-refractivity contribution is 5.06. The highest BCUT2D eigenvalue weighted by Gasteiger charge is 2.29. The standard InChI is InChI=1S/C10H18N4/c1-4-14-8(3)12-13-10(14)9-6-11-5-7(9)2/h7,9,11H,4-6H2,1-3H3/t7-,9-/m1/s1. The van der Waals surface area contributed by atoms with E-state index < -0.39 is 0 Å². The molecule has 2 rings (SSSR count). The average Bonchev–Trinajstić information content (AvgIpc) is 2.71. The lowest BCUT2D eigenvalue weighted by atomic mass is 9.97. The smallest absolute Gasteiger partial charge is 0.137 e. The molecule has 1 aromatic rings. The van der Waals surface area contributed by atoms with Gasteiger partial charge in [0.1, 0.15) is 11.6 Å². The van der Waals surface area contributed by atoms with Crippen LogP contribution in [0.4, 0.5) is 0 Å². The van der Waals surface area contributed by atoms with Gasteiger partial charge in [-0.25, -0.2) is 0 Å². The third-order valence-corrected chi connectivity index (χ3v) is 3.13. The molecule has 0 saturated carbocycles. The first-order chi connectivity index (χ1) is 6.74. The van der Waals surface area contributed by atoms with E-state index in [1.807, 2.05) is 6.92 Å². The molecule has 2 atom stereocenters. The quantitative estimate of drug-likeness (QED) is 0.761. The molecular formula is C10H18N4. The molecule has 0 radical (unpaired) electrons. The maximum absolute atomic E-state index is 4.29. The molecule has 0 aromatic carbocycles. The van der Waals surface area contributed by atoms with Gasteiger partial charge in [-0.2, -0.15) is 0 Å². The molecule has 0 bridgehead atoms. The summed E-state index contributed by atoms with van der Waals surface area (Å²) in [5, 5.41) is 11.8. The zero-order chi connectivity index (χ0) is 10.1. The van der Waals surface area contributed by atoms with Crippen molar-refractivity contribution in [3.63, 3.8) is 0 Å². The second-order valence-corrected chi connectivity index (χ2v) is 4.09. The number of aromatic nitrogens is 3. The zero-order valence-corrected chi connectivity index (χ0v) is 9.12. The van der Waals surface area contributed by atoms with Crippen LogP contribution in [0.15, 0.2) is 0 Å². The minimum absolute atomic E-state index is 0.538. The Kier molecular flexibility index (Phi) is 2.54. The molecule has 1 N–H and O–H groups in total. The molecule has 0 unspecified atom stereocenters. The van der Waals surface area contributed by atoms with Crippen LogP contribution in [0.1, 0.15) is 31.4 Å². The van der Waals surface area contributed by atoms with Crippen LogP contribution in [-0.4, -0.2) is 27.9 Å². The number of rotatable bonds is 2. The van der Waals surface area contributed by atoms with Crippen molar-refractivity contribution in [1.29, 1.82) is 0 Å². The van der Waals surface area contributed by atoms with Gasteiger partial charge < -0.3 is 9.88 Å². The number of aryl methyl sites for hydroxylation is 1. The summed E-state index contributed by atoms with van der Waals surface area (Å²) in [5.74, 6) is 3.39. The molecule has 4 nitrogen and oxygen atoms in total.